The maximum Gasteiger partial charge on any atom is 0.417 e. The molecule has 0 spiro atoms. The number of imide groups is 1. The quantitative estimate of drug-likeness (QED) is 0.489. The van der Waals surface area contributed by atoms with Crippen molar-refractivity contribution in [2.75, 3.05) is 4.90 Å². The molecule has 1 aromatic carbocycles. The summed E-state index contributed by atoms with van der Waals surface area (Å²) in [5, 5.41) is 0. The topological polar surface area (TPSA) is 54.5 Å². The maximum absolute atomic E-state index is 13.2. The average molecular weight is 448 g/mol. The van der Waals surface area contributed by atoms with E-state index in [1.807, 2.05) is 0 Å². The molecule has 3 aliphatic heterocycles. The summed E-state index contributed by atoms with van der Waals surface area (Å²) in [4.78, 5) is 26.8. The average Bonchev–Trinajstić information content (AvgIpc) is 3.01. The van der Waals surface area contributed by atoms with Gasteiger partial charge in [-0.15, -0.1) is 0 Å². The molecule has 3 aliphatic rings. The van der Waals surface area contributed by atoms with Crippen molar-refractivity contribution < 1.29 is 27.0 Å². The lowest BCUT2D eigenvalue weighted by molar-refractivity contribution is -0.138. The molecule has 26 heavy (non-hydrogen) atoms. The first-order valence-corrected chi connectivity index (χ1v) is 9.74. The van der Waals surface area contributed by atoms with Gasteiger partial charge < -0.3 is 0 Å². The number of halogens is 4. The Labute approximate surface area is 158 Å². The highest BCUT2D eigenvalue weighted by molar-refractivity contribution is 9.10. The molecule has 4 nitrogen and oxygen atoms in total. The minimum atomic E-state index is -4.63. The Bertz CT molecular complexity index is 890. The van der Waals surface area contributed by atoms with Crippen LogP contribution in [-0.2, 0) is 26.6 Å². The molecule has 2 amide bonds. The molecule has 2 bridgehead atoms. The molecule has 4 atom stereocenters. The van der Waals surface area contributed by atoms with Crippen LogP contribution in [0.25, 0.3) is 0 Å². The molecule has 0 N–H and O–H groups in total. The van der Waals surface area contributed by atoms with Gasteiger partial charge in [0.2, 0.25) is 11.8 Å². The summed E-state index contributed by atoms with van der Waals surface area (Å²) in [5.74, 6) is -2.86. The second kappa shape index (κ2) is 5.07. The first-order chi connectivity index (χ1) is 11.9. The van der Waals surface area contributed by atoms with Gasteiger partial charge in [-0.3, -0.25) is 13.8 Å². The number of amides is 2. The number of hydrogen-bond acceptors (Lipinski definition) is 3. The second-order valence-electron chi connectivity index (χ2n) is 7.10. The number of fused-ring (bicyclic) bond motifs is 5. The highest BCUT2D eigenvalue weighted by atomic mass is 79.9. The van der Waals surface area contributed by atoms with E-state index in [1.165, 1.54) is 12.1 Å². The highest BCUT2D eigenvalue weighted by Gasteiger charge is 2.73. The van der Waals surface area contributed by atoms with Crippen LogP contribution >= 0.6 is 15.9 Å². The zero-order valence-corrected chi connectivity index (χ0v) is 16.0. The first-order valence-electron chi connectivity index (χ1n) is 7.80. The standard InChI is InChI=1S/C17H13BrF3NO3S/c1-15-5-6-16(2,26(15)25)12-11(15)13(23)22(14(12)24)8-3-4-10(18)9(7-8)17(19,20)21/h3-7,11-12H,1-2H3. The Morgan fingerprint density at radius 3 is 2.04 bits per heavy atom. The summed E-state index contributed by atoms with van der Waals surface area (Å²) in [5.41, 5.74) is -1.09. The van der Waals surface area contributed by atoms with Crippen LogP contribution in [0.1, 0.15) is 19.4 Å². The van der Waals surface area contributed by atoms with Crippen LogP contribution in [-0.4, -0.2) is 25.5 Å². The molecule has 138 valence electrons. The van der Waals surface area contributed by atoms with Crippen LogP contribution < -0.4 is 4.90 Å². The minimum Gasteiger partial charge on any atom is -0.274 e. The van der Waals surface area contributed by atoms with Gasteiger partial charge in [-0.1, -0.05) is 28.1 Å². The van der Waals surface area contributed by atoms with Crippen LogP contribution in [0, 0.1) is 11.8 Å². The van der Waals surface area contributed by atoms with Crippen molar-refractivity contribution >= 4 is 44.2 Å². The van der Waals surface area contributed by atoms with E-state index in [1.54, 1.807) is 26.0 Å². The predicted molar refractivity (Wildman–Crippen MR) is 92.7 cm³/mol. The number of carbonyl (C=O) groups excluding carboxylic acids is 2. The number of carbonyl (C=O) groups is 2. The third-order valence-electron chi connectivity index (χ3n) is 5.60. The molecule has 1 aromatic rings. The normalized spacial score (nSPS) is 38.4. The number of nitrogens with zero attached hydrogens (tertiary/aromatic N) is 1. The van der Waals surface area contributed by atoms with Gasteiger partial charge in [-0.25, -0.2) is 4.90 Å². The molecule has 0 saturated carbocycles. The molecular weight excluding hydrogens is 435 g/mol. The zero-order valence-electron chi connectivity index (χ0n) is 13.6. The van der Waals surface area contributed by atoms with E-state index in [4.69, 9.17) is 0 Å². The van der Waals surface area contributed by atoms with Crippen molar-refractivity contribution in [3.63, 3.8) is 0 Å². The van der Waals surface area contributed by atoms with Gasteiger partial charge in [-0.2, -0.15) is 13.2 Å². The summed E-state index contributed by atoms with van der Waals surface area (Å²) >= 11 is 2.85. The SMILES string of the molecule is CC12C=CC(C)(C3C(=O)N(c4ccc(Br)c(C(F)(F)F)c4)C(=O)C31)S2=O. The van der Waals surface area contributed by atoms with Crippen molar-refractivity contribution in [2.45, 2.75) is 29.5 Å². The van der Waals surface area contributed by atoms with Gasteiger partial charge >= 0.3 is 6.18 Å². The Morgan fingerprint density at radius 2 is 1.58 bits per heavy atom. The number of anilines is 1. The third-order valence-corrected chi connectivity index (χ3v) is 8.67. The Balaban J connectivity index is 1.82. The number of rotatable bonds is 1. The van der Waals surface area contributed by atoms with E-state index < -0.39 is 55.7 Å². The fraction of sp³-hybridized carbons (Fsp3) is 0.412. The lowest BCUT2D eigenvalue weighted by atomic mass is 9.73. The third kappa shape index (κ3) is 1.98. The molecule has 0 aliphatic carbocycles. The van der Waals surface area contributed by atoms with Crippen LogP contribution in [0.3, 0.4) is 0 Å². The summed E-state index contributed by atoms with van der Waals surface area (Å²) in [7, 11) is -1.44. The van der Waals surface area contributed by atoms with Gasteiger partial charge in [0.15, 0.2) is 0 Å². The van der Waals surface area contributed by atoms with Crippen LogP contribution in [0.4, 0.5) is 18.9 Å². The van der Waals surface area contributed by atoms with Crippen molar-refractivity contribution in [3.05, 3.63) is 40.4 Å². The van der Waals surface area contributed by atoms with Gasteiger partial charge in [0.1, 0.15) is 0 Å². The molecule has 0 aromatic heterocycles. The van der Waals surface area contributed by atoms with Crippen LogP contribution in [0.15, 0.2) is 34.8 Å². The van der Waals surface area contributed by atoms with Crippen molar-refractivity contribution in [2.24, 2.45) is 11.8 Å². The summed E-state index contributed by atoms with van der Waals surface area (Å²) < 4.78 is 50.2. The smallest absolute Gasteiger partial charge is 0.274 e. The number of benzene rings is 1. The van der Waals surface area contributed by atoms with E-state index in [2.05, 4.69) is 15.9 Å². The largest absolute Gasteiger partial charge is 0.417 e. The number of alkyl halides is 3. The molecule has 0 radical (unpaired) electrons. The minimum absolute atomic E-state index is 0.123. The first kappa shape index (κ1) is 17.9. The molecule has 4 rings (SSSR count). The Hall–Kier alpha value is -1.48. The van der Waals surface area contributed by atoms with Gasteiger partial charge in [-0.05, 0) is 32.0 Å². The monoisotopic (exact) mass is 447 g/mol. The second-order valence-corrected chi connectivity index (χ2v) is 10.2. The summed E-state index contributed by atoms with van der Waals surface area (Å²) in [6.45, 7) is 3.32. The highest BCUT2D eigenvalue weighted by Crippen LogP contribution is 2.59. The number of hydrogen-bond donors (Lipinski definition) is 0. The van der Waals surface area contributed by atoms with E-state index in [0.717, 1.165) is 11.0 Å². The predicted octanol–water partition coefficient (Wildman–Crippen LogP) is 3.42. The van der Waals surface area contributed by atoms with E-state index in [-0.39, 0.29) is 10.2 Å². The summed E-state index contributed by atoms with van der Waals surface area (Å²) in [6.07, 6.45) is -1.24. The Morgan fingerprint density at radius 1 is 1.08 bits per heavy atom. The molecule has 9 heteroatoms. The van der Waals surface area contributed by atoms with Gasteiger partial charge in [0.05, 0.1) is 32.6 Å². The Kier molecular flexibility index (Phi) is 3.49. The van der Waals surface area contributed by atoms with Crippen LogP contribution in [0.5, 0.6) is 0 Å². The molecular formula is C17H13BrF3NO3S. The van der Waals surface area contributed by atoms with Crippen molar-refractivity contribution in [1.29, 1.82) is 0 Å². The molecule has 4 unspecified atom stereocenters. The van der Waals surface area contributed by atoms with E-state index in [0.29, 0.717) is 0 Å². The molecule has 2 fully saturated rings. The maximum atomic E-state index is 13.2. The lowest BCUT2D eigenvalue weighted by Crippen LogP contribution is -2.41. The zero-order chi connectivity index (χ0) is 19.2. The summed E-state index contributed by atoms with van der Waals surface area (Å²) in [6, 6.07) is 3.26. The van der Waals surface area contributed by atoms with Crippen molar-refractivity contribution in [3.8, 4) is 0 Å². The van der Waals surface area contributed by atoms with Gasteiger partial charge in [0.25, 0.3) is 0 Å². The molecule has 2 saturated heterocycles. The fourth-order valence-electron chi connectivity index (χ4n) is 4.31. The fourth-order valence-corrected chi connectivity index (χ4v) is 7.05. The van der Waals surface area contributed by atoms with Gasteiger partial charge in [0, 0.05) is 15.3 Å². The van der Waals surface area contributed by atoms with Crippen LogP contribution in [0.2, 0.25) is 0 Å². The lowest BCUT2D eigenvalue weighted by Gasteiger charge is -2.24. The van der Waals surface area contributed by atoms with E-state index in [9.17, 15) is 27.0 Å². The molecule has 3 heterocycles. The van der Waals surface area contributed by atoms with E-state index >= 15 is 0 Å². The van der Waals surface area contributed by atoms with Crippen molar-refractivity contribution in [1.82, 2.24) is 0 Å².